The first-order chi connectivity index (χ1) is 11.5. The molecule has 0 aliphatic rings. The van der Waals surface area contributed by atoms with Crippen molar-refractivity contribution in [3.8, 4) is 0 Å². The topological polar surface area (TPSA) is 54.3 Å². The molecule has 1 aromatic heterocycles. The van der Waals surface area contributed by atoms with Crippen molar-refractivity contribution in [3.63, 3.8) is 0 Å². The molecule has 0 aliphatic carbocycles. The van der Waals surface area contributed by atoms with E-state index in [9.17, 15) is 9.90 Å². The first-order valence-electron chi connectivity index (χ1n) is 8.13. The van der Waals surface area contributed by atoms with Crippen LogP contribution in [0.1, 0.15) is 34.2 Å². The van der Waals surface area contributed by atoms with Crippen molar-refractivity contribution in [1.29, 1.82) is 0 Å². The van der Waals surface area contributed by atoms with Crippen molar-refractivity contribution < 1.29 is 9.90 Å². The van der Waals surface area contributed by atoms with E-state index in [0.717, 1.165) is 17.9 Å². The Morgan fingerprint density at radius 3 is 2.54 bits per heavy atom. The van der Waals surface area contributed by atoms with Gasteiger partial charge in [-0.1, -0.05) is 30.3 Å². The van der Waals surface area contributed by atoms with Gasteiger partial charge in [0.2, 0.25) is 0 Å². The third-order valence-electron chi connectivity index (χ3n) is 4.40. The highest BCUT2D eigenvalue weighted by molar-refractivity contribution is 7.99. The number of benzene rings is 1. The van der Waals surface area contributed by atoms with Crippen LogP contribution in [-0.4, -0.2) is 39.7 Å². The van der Waals surface area contributed by atoms with E-state index < -0.39 is 0 Å². The molecule has 5 heteroatoms. The SMILES string of the molecule is CSC(CO)C(C)NC(=O)c1cc(C)n(Cc2ccccc2)c1C. The minimum Gasteiger partial charge on any atom is -0.395 e. The zero-order chi connectivity index (χ0) is 17.7. The molecule has 0 radical (unpaired) electrons. The van der Waals surface area contributed by atoms with Gasteiger partial charge in [-0.25, -0.2) is 0 Å². The predicted octanol–water partition coefficient (Wildman–Crippen LogP) is 3.00. The summed E-state index contributed by atoms with van der Waals surface area (Å²) >= 11 is 1.56. The Balaban J connectivity index is 2.17. The van der Waals surface area contributed by atoms with Crippen LogP contribution in [0.3, 0.4) is 0 Å². The molecular formula is C19H26N2O2S. The van der Waals surface area contributed by atoms with E-state index >= 15 is 0 Å². The summed E-state index contributed by atoms with van der Waals surface area (Å²) in [5, 5.41) is 12.4. The van der Waals surface area contributed by atoms with E-state index in [4.69, 9.17) is 0 Å². The number of hydrogen-bond donors (Lipinski definition) is 2. The smallest absolute Gasteiger partial charge is 0.253 e. The molecule has 4 nitrogen and oxygen atoms in total. The number of nitrogens with one attached hydrogen (secondary N) is 1. The van der Waals surface area contributed by atoms with Gasteiger partial charge in [0.05, 0.1) is 12.2 Å². The van der Waals surface area contributed by atoms with Crippen molar-refractivity contribution in [3.05, 3.63) is 58.9 Å². The number of thioether (sulfide) groups is 1. The number of aryl methyl sites for hydroxylation is 1. The molecule has 2 atom stereocenters. The van der Waals surface area contributed by atoms with E-state index in [0.29, 0.717) is 5.56 Å². The average molecular weight is 346 g/mol. The summed E-state index contributed by atoms with van der Waals surface area (Å²) < 4.78 is 2.16. The lowest BCUT2D eigenvalue weighted by molar-refractivity contribution is 0.0935. The van der Waals surface area contributed by atoms with Gasteiger partial charge < -0.3 is 15.0 Å². The monoisotopic (exact) mass is 346 g/mol. The molecule has 0 saturated carbocycles. The van der Waals surface area contributed by atoms with Gasteiger partial charge in [0.15, 0.2) is 0 Å². The van der Waals surface area contributed by atoms with E-state index in [1.54, 1.807) is 11.8 Å². The maximum absolute atomic E-state index is 12.6. The first kappa shape index (κ1) is 18.6. The van der Waals surface area contributed by atoms with Crippen LogP contribution in [0, 0.1) is 13.8 Å². The molecule has 0 aliphatic heterocycles. The maximum Gasteiger partial charge on any atom is 0.253 e. The van der Waals surface area contributed by atoms with Gasteiger partial charge in [-0.2, -0.15) is 11.8 Å². The van der Waals surface area contributed by atoms with E-state index in [1.807, 2.05) is 51.3 Å². The second-order valence-electron chi connectivity index (χ2n) is 6.08. The number of aliphatic hydroxyl groups excluding tert-OH is 1. The Morgan fingerprint density at radius 1 is 1.29 bits per heavy atom. The molecule has 1 amide bonds. The fraction of sp³-hybridized carbons (Fsp3) is 0.421. The van der Waals surface area contributed by atoms with Crippen molar-refractivity contribution in [1.82, 2.24) is 9.88 Å². The third kappa shape index (κ3) is 4.22. The average Bonchev–Trinajstić information content (AvgIpc) is 2.85. The number of hydrogen-bond acceptors (Lipinski definition) is 3. The lowest BCUT2D eigenvalue weighted by atomic mass is 10.2. The second-order valence-corrected chi connectivity index (χ2v) is 7.15. The molecule has 24 heavy (non-hydrogen) atoms. The normalized spacial score (nSPS) is 13.5. The number of amides is 1. The minimum atomic E-state index is -0.0883. The Bertz CT molecular complexity index is 678. The Labute approximate surface area is 148 Å². The van der Waals surface area contributed by atoms with Crippen LogP contribution in [0.15, 0.2) is 36.4 Å². The Morgan fingerprint density at radius 2 is 1.96 bits per heavy atom. The lowest BCUT2D eigenvalue weighted by Crippen LogP contribution is -2.41. The quantitative estimate of drug-likeness (QED) is 0.810. The van der Waals surface area contributed by atoms with Crippen molar-refractivity contribution in [2.75, 3.05) is 12.9 Å². The number of carbonyl (C=O) groups excluding carboxylic acids is 1. The van der Waals surface area contributed by atoms with Gasteiger partial charge in [0.25, 0.3) is 5.91 Å². The molecule has 1 aromatic carbocycles. The minimum absolute atomic E-state index is 0.00163. The largest absolute Gasteiger partial charge is 0.395 e. The molecule has 130 valence electrons. The van der Waals surface area contributed by atoms with Crippen molar-refractivity contribution in [2.24, 2.45) is 0 Å². The zero-order valence-electron chi connectivity index (χ0n) is 14.7. The molecule has 2 aromatic rings. The Hall–Kier alpha value is -1.72. The summed E-state index contributed by atoms with van der Waals surface area (Å²) in [5.74, 6) is -0.0811. The van der Waals surface area contributed by atoms with Gasteiger partial charge >= 0.3 is 0 Å². The third-order valence-corrected chi connectivity index (χ3v) is 5.56. The van der Waals surface area contributed by atoms with Crippen LogP contribution < -0.4 is 5.32 Å². The van der Waals surface area contributed by atoms with Crippen LogP contribution in [-0.2, 0) is 6.54 Å². The summed E-state index contributed by atoms with van der Waals surface area (Å²) in [6.07, 6.45) is 1.94. The molecule has 0 bridgehead atoms. The standard InChI is InChI=1S/C19H26N2O2S/c1-13-10-17(19(23)20-14(2)18(12-22)24-4)15(3)21(13)11-16-8-6-5-7-9-16/h5-10,14,18,22H,11-12H2,1-4H3,(H,20,23). The molecule has 2 rings (SSSR count). The van der Waals surface area contributed by atoms with Gasteiger partial charge in [-0.3, -0.25) is 4.79 Å². The summed E-state index contributed by atoms with van der Waals surface area (Å²) in [6, 6.07) is 12.1. The van der Waals surface area contributed by atoms with Crippen LogP contribution in [0.2, 0.25) is 0 Å². The Kier molecular flexibility index (Phi) is 6.52. The highest BCUT2D eigenvalue weighted by Gasteiger charge is 2.21. The number of rotatable bonds is 7. The van der Waals surface area contributed by atoms with Gasteiger partial charge in [0.1, 0.15) is 0 Å². The molecular weight excluding hydrogens is 320 g/mol. The van der Waals surface area contributed by atoms with Crippen LogP contribution in [0.4, 0.5) is 0 Å². The fourth-order valence-electron chi connectivity index (χ4n) is 2.85. The zero-order valence-corrected chi connectivity index (χ0v) is 15.6. The van der Waals surface area contributed by atoms with E-state index in [-0.39, 0.29) is 23.8 Å². The number of carbonyl (C=O) groups is 1. The van der Waals surface area contributed by atoms with E-state index in [2.05, 4.69) is 22.0 Å². The lowest BCUT2D eigenvalue weighted by Gasteiger charge is -2.21. The van der Waals surface area contributed by atoms with Crippen molar-refractivity contribution >= 4 is 17.7 Å². The first-order valence-corrected chi connectivity index (χ1v) is 9.41. The molecule has 0 saturated heterocycles. The highest BCUT2D eigenvalue weighted by atomic mass is 32.2. The van der Waals surface area contributed by atoms with Gasteiger partial charge in [-0.05, 0) is 38.7 Å². The van der Waals surface area contributed by atoms with E-state index in [1.165, 1.54) is 5.56 Å². The predicted molar refractivity (Wildman–Crippen MR) is 101 cm³/mol. The number of aromatic nitrogens is 1. The summed E-state index contributed by atoms with van der Waals surface area (Å²) in [5.41, 5.74) is 3.94. The highest BCUT2D eigenvalue weighted by Crippen LogP contribution is 2.18. The number of nitrogens with zero attached hydrogens (tertiary/aromatic N) is 1. The van der Waals surface area contributed by atoms with Crippen LogP contribution in [0.5, 0.6) is 0 Å². The maximum atomic E-state index is 12.6. The molecule has 2 N–H and O–H groups in total. The summed E-state index contributed by atoms with van der Waals surface area (Å²) in [6.45, 7) is 6.74. The summed E-state index contributed by atoms with van der Waals surface area (Å²) in [4.78, 5) is 12.6. The van der Waals surface area contributed by atoms with Gasteiger partial charge in [-0.15, -0.1) is 0 Å². The van der Waals surface area contributed by atoms with Crippen LogP contribution in [0.25, 0.3) is 0 Å². The number of aliphatic hydroxyl groups is 1. The molecule has 1 heterocycles. The second kappa shape index (κ2) is 8.40. The molecule has 2 unspecified atom stereocenters. The van der Waals surface area contributed by atoms with Crippen LogP contribution >= 0.6 is 11.8 Å². The molecule has 0 spiro atoms. The molecule has 0 fully saturated rings. The van der Waals surface area contributed by atoms with Crippen molar-refractivity contribution in [2.45, 2.75) is 38.6 Å². The summed E-state index contributed by atoms with van der Waals surface area (Å²) in [7, 11) is 0. The fourth-order valence-corrected chi connectivity index (χ4v) is 3.48. The van der Waals surface area contributed by atoms with Gasteiger partial charge in [0, 0.05) is 29.2 Å².